The maximum Gasteiger partial charge on any atom is 0.263 e. The number of hydrogen-bond acceptors (Lipinski definition) is 5. The number of aromatic nitrogens is 4. The van der Waals surface area contributed by atoms with Crippen molar-refractivity contribution >= 4 is 17.0 Å². The van der Waals surface area contributed by atoms with Gasteiger partial charge >= 0.3 is 0 Å². The maximum atomic E-state index is 12.4. The predicted molar refractivity (Wildman–Crippen MR) is 109 cm³/mol. The molecule has 0 amide bonds. The third-order valence-electron chi connectivity index (χ3n) is 4.49. The normalized spacial score (nSPS) is 10.9. The van der Waals surface area contributed by atoms with E-state index in [-0.39, 0.29) is 5.56 Å². The van der Waals surface area contributed by atoms with Gasteiger partial charge in [-0.3, -0.25) is 9.78 Å². The second-order valence-electron chi connectivity index (χ2n) is 6.54. The molecule has 0 saturated heterocycles. The number of aryl methyl sites for hydroxylation is 2. The van der Waals surface area contributed by atoms with E-state index in [1.807, 2.05) is 62.4 Å². The minimum Gasteiger partial charge on any atom is -0.491 e. The number of nitrogens with zero attached hydrogens (tertiary/aromatic N) is 3. The number of hydrogen-bond donors (Lipinski definition) is 2. The highest BCUT2D eigenvalue weighted by atomic mass is 16.5. The molecule has 0 radical (unpaired) electrons. The molecule has 2 heterocycles. The Morgan fingerprint density at radius 1 is 1.07 bits per heavy atom. The number of ether oxygens (including phenoxy) is 1. The molecule has 2 aromatic heterocycles. The zero-order valence-electron chi connectivity index (χ0n) is 15.8. The standard InChI is InChI=1S/C21H21N5O2/c1-14-7-6-8-15(2)18(14)28-12-11-22-21-24-19-17(20(27)25-21)13-23-26(19)16-9-4-3-5-10-16/h3-10,13H,11-12H2,1-2H3,(H2,22,24,25,27). The number of H-pyrrole nitrogens is 1. The van der Waals surface area contributed by atoms with Crippen LogP contribution in [0.5, 0.6) is 5.75 Å². The highest BCUT2D eigenvalue weighted by molar-refractivity contribution is 5.76. The molecule has 2 N–H and O–H groups in total. The molecule has 0 saturated carbocycles. The van der Waals surface area contributed by atoms with Crippen molar-refractivity contribution in [3.8, 4) is 11.4 Å². The van der Waals surface area contributed by atoms with Crippen molar-refractivity contribution in [2.75, 3.05) is 18.5 Å². The molecule has 142 valence electrons. The van der Waals surface area contributed by atoms with Crippen LogP contribution >= 0.6 is 0 Å². The lowest BCUT2D eigenvalue weighted by atomic mass is 10.1. The van der Waals surface area contributed by atoms with Crippen LogP contribution < -0.4 is 15.6 Å². The van der Waals surface area contributed by atoms with Gasteiger partial charge in [0.25, 0.3) is 5.56 Å². The minimum absolute atomic E-state index is 0.231. The summed E-state index contributed by atoms with van der Waals surface area (Å²) < 4.78 is 7.54. The lowest BCUT2D eigenvalue weighted by Crippen LogP contribution is -2.18. The summed E-state index contributed by atoms with van der Waals surface area (Å²) in [5.41, 5.74) is 3.32. The van der Waals surface area contributed by atoms with E-state index in [0.29, 0.717) is 30.1 Å². The lowest BCUT2D eigenvalue weighted by Gasteiger charge is -2.12. The van der Waals surface area contributed by atoms with E-state index < -0.39 is 0 Å². The van der Waals surface area contributed by atoms with Gasteiger partial charge in [-0.2, -0.15) is 10.1 Å². The van der Waals surface area contributed by atoms with Crippen LogP contribution in [0.25, 0.3) is 16.7 Å². The summed E-state index contributed by atoms with van der Waals surface area (Å²) in [7, 11) is 0. The molecule has 0 spiro atoms. The molecule has 4 aromatic rings. The number of benzene rings is 2. The topological polar surface area (TPSA) is 84.8 Å². The Morgan fingerprint density at radius 3 is 2.57 bits per heavy atom. The third-order valence-corrected chi connectivity index (χ3v) is 4.49. The average molecular weight is 375 g/mol. The van der Waals surface area contributed by atoms with Crippen molar-refractivity contribution in [3.05, 3.63) is 76.2 Å². The Bertz CT molecular complexity index is 1140. The van der Waals surface area contributed by atoms with Gasteiger partial charge in [-0.25, -0.2) is 4.68 Å². The highest BCUT2D eigenvalue weighted by Gasteiger charge is 2.11. The zero-order valence-corrected chi connectivity index (χ0v) is 15.8. The smallest absolute Gasteiger partial charge is 0.263 e. The monoisotopic (exact) mass is 375 g/mol. The molecule has 0 atom stereocenters. The quantitative estimate of drug-likeness (QED) is 0.506. The second-order valence-corrected chi connectivity index (χ2v) is 6.54. The Balaban J connectivity index is 1.51. The lowest BCUT2D eigenvalue weighted by molar-refractivity contribution is 0.328. The van der Waals surface area contributed by atoms with Gasteiger partial charge in [-0.05, 0) is 37.1 Å². The van der Waals surface area contributed by atoms with Crippen LogP contribution in [0.15, 0.2) is 59.5 Å². The summed E-state index contributed by atoms with van der Waals surface area (Å²) in [6, 6.07) is 15.6. The molecule has 0 aliphatic carbocycles. The van der Waals surface area contributed by atoms with Crippen molar-refractivity contribution in [3.63, 3.8) is 0 Å². The Labute approximate surface area is 162 Å². The molecule has 28 heavy (non-hydrogen) atoms. The van der Waals surface area contributed by atoms with E-state index in [0.717, 1.165) is 22.6 Å². The molecule has 0 bridgehead atoms. The summed E-state index contributed by atoms with van der Waals surface area (Å²) in [6.45, 7) is 4.99. The highest BCUT2D eigenvalue weighted by Crippen LogP contribution is 2.22. The summed E-state index contributed by atoms with van der Waals surface area (Å²) >= 11 is 0. The van der Waals surface area contributed by atoms with Gasteiger partial charge in [0, 0.05) is 0 Å². The van der Waals surface area contributed by atoms with Gasteiger partial charge in [0.05, 0.1) is 18.4 Å². The summed E-state index contributed by atoms with van der Waals surface area (Å²) in [4.78, 5) is 19.6. The van der Waals surface area contributed by atoms with Crippen molar-refractivity contribution < 1.29 is 4.74 Å². The van der Waals surface area contributed by atoms with E-state index in [2.05, 4.69) is 20.4 Å². The molecule has 7 heteroatoms. The minimum atomic E-state index is -0.231. The molecule has 2 aromatic carbocycles. The first-order valence-corrected chi connectivity index (χ1v) is 9.10. The number of anilines is 1. The number of rotatable bonds is 6. The van der Waals surface area contributed by atoms with Crippen LogP contribution in [0.1, 0.15) is 11.1 Å². The largest absolute Gasteiger partial charge is 0.491 e. The molecular weight excluding hydrogens is 354 g/mol. The van der Waals surface area contributed by atoms with Crippen LogP contribution in [0, 0.1) is 13.8 Å². The second kappa shape index (κ2) is 7.56. The summed E-state index contributed by atoms with van der Waals surface area (Å²) in [6.07, 6.45) is 1.53. The van der Waals surface area contributed by atoms with Crippen molar-refractivity contribution in [1.82, 2.24) is 19.7 Å². The first-order valence-electron chi connectivity index (χ1n) is 9.10. The zero-order chi connectivity index (χ0) is 19.5. The van der Waals surface area contributed by atoms with Crippen LogP contribution in [0.2, 0.25) is 0 Å². The molecule has 0 unspecified atom stereocenters. The molecular formula is C21H21N5O2. The molecule has 7 nitrogen and oxygen atoms in total. The van der Waals surface area contributed by atoms with Crippen LogP contribution in [0.4, 0.5) is 5.95 Å². The maximum absolute atomic E-state index is 12.4. The van der Waals surface area contributed by atoms with Crippen LogP contribution in [0.3, 0.4) is 0 Å². The fourth-order valence-electron chi connectivity index (χ4n) is 3.11. The van der Waals surface area contributed by atoms with Gasteiger partial charge in [0.15, 0.2) is 5.65 Å². The fourth-order valence-corrected chi connectivity index (χ4v) is 3.11. The van der Waals surface area contributed by atoms with E-state index in [9.17, 15) is 4.79 Å². The van der Waals surface area contributed by atoms with Crippen LogP contribution in [-0.4, -0.2) is 32.9 Å². The van der Waals surface area contributed by atoms with Crippen LogP contribution in [-0.2, 0) is 0 Å². The Hall–Kier alpha value is -3.61. The SMILES string of the molecule is Cc1cccc(C)c1OCCNc1nc2c(cnn2-c2ccccc2)c(=O)[nH]1. The Morgan fingerprint density at radius 2 is 1.82 bits per heavy atom. The van der Waals surface area contributed by atoms with E-state index in [4.69, 9.17) is 4.74 Å². The first-order chi connectivity index (χ1) is 13.6. The molecule has 4 rings (SSSR count). The number of para-hydroxylation sites is 2. The first kappa shape index (κ1) is 17.8. The molecule has 0 fully saturated rings. The predicted octanol–water partition coefficient (Wildman–Crippen LogP) is 3.22. The van der Waals surface area contributed by atoms with Gasteiger partial charge in [0.1, 0.15) is 17.7 Å². The van der Waals surface area contributed by atoms with Crippen molar-refractivity contribution in [2.24, 2.45) is 0 Å². The number of fused-ring (bicyclic) bond motifs is 1. The summed E-state index contributed by atoms with van der Waals surface area (Å²) in [5.74, 6) is 1.28. The van der Waals surface area contributed by atoms with Crippen molar-refractivity contribution in [2.45, 2.75) is 13.8 Å². The molecule has 0 aliphatic heterocycles. The third kappa shape index (κ3) is 3.46. The van der Waals surface area contributed by atoms with Gasteiger partial charge in [0.2, 0.25) is 5.95 Å². The van der Waals surface area contributed by atoms with E-state index in [1.165, 1.54) is 6.20 Å². The van der Waals surface area contributed by atoms with E-state index in [1.54, 1.807) is 4.68 Å². The molecule has 0 aliphatic rings. The van der Waals surface area contributed by atoms with Gasteiger partial charge < -0.3 is 10.1 Å². The number of nitrogens with one attached hydrogen (secondary N) is 2. The fraction of sp³-hybridized carbons (Fsp3) is 0.190. The van der Waals surface area contributed by atoms with Gasteiger partial charge in [-0.15, -0.1) is 0 Å². The summed E-state index contributed by atoms with van der Waals surface area (Å²) in [5, 5.41) is 7.87. The van der Waals surface area contributed by atoms with Crippen molar-refractivity contribution in [1.29, 1.82) is 0 Å². The number of aromatic amines is 1. The van der Waals surface area contributed by atoms with E-state index >= 15 is 0 Å². The Kier molecular flexibility index (Phi) is 4.80. The average Bonchev–Trinajstić information content (AvgIpc) is 3.12. The van der Waals surface area contributed by atoms with Gasteiger partial charge in [-0.1, -0.05) is 36.4 Å².